The van der Waals surface area contributed by atoms with Gasteiger partial charge in [0.05, 0.1) is 0 Å². The predicted molar refractivity (Wildman–Crippen MR) is 57.2 cm³/mol. The standard InChI is InChI=1S/C10H17N3O2/c1-4-6(11)5-7-12-8(14)10(2,3)9(15)13-7/h6H,4-5,11H2,1-3H3,(H,12,13,14,15). The zero-order chi connectivity index (χ0) is 11.6. The predicted octanol–water partition coefficient (Wildman–Crippen LogP) is 0.195. The molecule has 0 saturated carbocycles. The third kappa shape index (κ3) is 2.41. The molecule has 0 bridgehead atoms. The summed E-state index contributed by atoms with van der Waals surface area (Å²) in [5.74, 6) is -0.316. The summed E-state index contributed by atoms with van der Waals surface area (Å²) in [6, 6.07) is -0.0712. The first-order chi connectivity index (χ1) is 6.87. The van der Waals surface area contributed by atoms with Crippen molar-refractivity contribution in [3.8, 4) is 0 Å². The van der Waals surface area contributed by atoms with Crippen LogP contribution in [-0.4, -0.2) is 23.7 Å². The maximum atomic E-state index is 11.6. The lowest BCUT2D eigenvalue weighted by atomic mass is 9.90. The molecule has 5 nitrogen and oxygen atoms in total. The summed E-state index contributed by atoms with van der Waals surface area (Å²) >= 11 is 0. The zero-order valence-corrected chi connectivity index (χ0v) is 9.33. The normalized spacial score (nSPS) is 22.0. The van der Waals surface area contributed by atoms with Crippen molar-refractivity contribution in [1.82, 2.24) is 5.32 Å². The number of carbonyl (C=O) groups is 2. The van der Waals surface area contributed by atoms with Crippen LogP contribution in [0.3, 0.4) is 0 Å². The van der Waals surface area contributed by atoms with Crippen LogP contribution in [0.2, 0.25) is 0 Å². The van der Waals surface area contributed by atoms with Crippen LogP contribution in [0, 0.1) is 5.41 Å². The third-order valence-corrected chi connectivity index (χ3v) is 2.58. The molecule has 0 fully saturated rings. The molecule has 2 amide bonds. The molecule has 84 valence electrons. The molecule has 1 aliphatic rings. The molecule has 0 aromatic carbocycles. The highest BCUT2D eigenvalue weighted by molar-refractivity contribution is 6.18. The number of hydrogen-bond donors (Lipinski definition) is 2. The van der Waals surface area contributed by atoms with Gasteiger partial charge in [-0.3, -0.25) is 9.59 Å². The maximum absolute atomic E-state index is 11.6. The average Bonchev–Trinajstić information content (AvgIpc) is 2.15. The fourth-order valence-electron chi connectivity index (χ4n) is 1.16. The number of carbonyl (C=O) groups excluding carboxylic acids is 2. The van der Waals surface area contributed by atoms with Gasteiger partial charge in [-0.1, -0.05) is 6.92 Å². The van der Waals surface area contributed by atoms with Gasteiger partial charge in [0, 0.05) is 12.5 Å². The Hall–Kier alpha value is -1.23. The van der Waals surface area contributed by atoms with Gasteiger partial charge in [0.1, 0.15) is 11.3 Å². The van der Waals surface area contributed by atoms with Crippen molar-refractivity contribution in [3.05, 3.63) is 0 Å². The largest absolute Gasteiger partial charge is 0.327 e. The zero-order valence-electron chi connectivity index (χ0n) is 9.33. The van der Waals surface area contributed by atoms with Gasteiger partial charge in [-0.15, -0.1) is 0 Å². The van der Waals surface area contributed by atoms with Crippen molar-refractivity contribution in [3.63, 3.8) is 0 Å². The summed E-state index contributed by atoms with van der Waals surface area (Å²) in [5, 5.41) is 2.61. The fourth-order valence-corrected chi connectivity index (χ4v) is 1.16. The van der Waals surface area contributed by atoms with Gasteiger partial charge in [0.15, 0.2) is 0 Å². The van der Waals surface area contributed by atoms with Gasteiger partial charge in [-0.05, 0) is 20.3 Å². The molecule has 0 saturated heterocycles. The first-order valence-corrected chi connectivity index (χ1v) is 5.07. The van der Waals surface area contributed by atoms with E-state index in [1.165, 1.54) is 0 Å². The van der Waals surface area contributed by atoms with Crippen LogP contribution >= 0.6 is 0 Å². The highest BCUT2D eigenvalue weighted by Crippen LogP contribution is 2.21. The van der Waals surface area contributed by atoms with Crippen LogP contribution in [0.15, 0.2) is 4.99 Å². The van der Waals surface area contributed by atoms with E-state index in [4.69, 9.17) is 5.73 Å². The Bertz CT molecular complexity index is 321. The van der Waals surface area contributed by atoms with Crippen LogP contribution in [0.1, 0.15) is 33.6 Å². The summed E-state index contributed by atoms with van der Waals surface area (Å²) in [4.78, 5) is 26.9. The first-order valence-electron chi connectivity index (χ1n) is 5.07. The molecule has 0 aromatic heterocycles. The summed E-state index contributed by atoms with van der Waals surface area (Å²) in [6.45, 7) is 5.07. The van der Waals surface area contributed by atoms with Crippen molar-refractivity contribution in [1.29, 1.82) is 0 Å². The van der Waals surface area contributed by atoms with E-state index in [1.807, 2.05) is 6.92 Å². The number of hydrogen-bond acceptors (Lipinski definition) is 3. The molecule has 5 heteroatoms. The van der Waals surface area contributed by atoms with Gasteiger partial charge in [0.25, 0.3) is 5.91 Å². The smallest absolute Gasteiger partial charge is 0.262 e. The van der Waals surface area contributed by atoms with E-state index in [9.17, 15) is 9.59 Å². The van der Waals surface area contributed by atoms with Crippen LogP contribution < -0.4 is 11.1 Å². The summed E-state index contributed by atoms with van der Waals surface area (Å²) in [6.07, 6.45) is 1.22. The second kappa shape index (κ2) is 4.10. The molecule has 1 heterocycles. The molecular weight excluding hydrogens is 194 g/mol. The maximum Gasteiger partial charge on any atom is 0.262 e. The second-order valence-corrected chi connectivity index (χ2v) is 4.32. The minimum Gasteiger partial charge on any atom is -0.327 e. The molecule has 1 unspecified atom stereocenters. The van der Waals surface area contributed by atoms with Crippen LogP contribution in [0.4, 0.5) is 0 Å². The topological polar surface area (TPSA) is 84.5 Å². The van der Waals surface area contributed by atoms with Crippen LogP contribution in [0.25, 0.3) is 0 Å². The number of aliphatic imine (C=N–C) groups is 1. The fraction of sp³-hybridized carbons (Fsp3) is 0.700. The van der Waals surface area contributed by atoms with Gasteiger partial charge < -0.3 is 11.1 Å². The number of amides is 2. The van der Waals surface area contributed by atoms with Crippen molar-refractivity contribution >= 4 is 17.6 Å². The van der Waals surface area contributed by atoms with E-state index in [-0.39, 0.29) is 11.9 Å². The van der Waals surface area contributed by atoms with E-state index in [0.29, 0.717) is 12.3 Å². The Balaban J connectivity index is 2.80. The van der Waals surface area contributed by atoms with E-state index in [0.717, 1.165) is 6.42 Å². The summed E-state index contributed by atoms with van der Waals surface area (Å²) in [5.41, 5.74) is 4.66. The monoisotopic (exact) mass is 211 g/mol. The third-order valence-electron chi connectivity index (χ3n) is 2.58. The second-order valence-electron chi connectivity index (χ2n) is 4.32. The number of nitrogens with two attached hydrogens (primary N) is 1. The quantitative estimate of drug-likeness (QED) is 0.654. The number of amidine groups is 1. The number of nitrogens with one attached hydrogen (secondary N) is 1. The Morgan fingerprint density at radius 3 is 2.53 bits per heavy atom. The molecule has 1 atom stereocenters. The molecule has 3 N–H and O–H groups in total. The van der Waals surface area contributed by atoms with Gasteiger partial charge >= 0.3 is 0 Å². The van der Waals surface area contributed by atoms with E-state index in [2.05, 4.69) is 10.3 Å². The number of rotatable bonds is 3. The van der Waals surface area contributed by atoms with Crippen molar-refractivity contribution < 1.29 is 9.59 Å². The lowest BCUT2D eigenvalue weighted by Crippen LogP contribution is -2.50. The molecule has 1 rings (SSSR count). The highest BCUT2D eigenvalue weighted by atomic mass is 16.2. The highest BCUT2D eigenvalue weighted by Gasteiger charge is 2.40. The minimum atomic E-state index is -1.06. The van der Waals surface area contributed by atoms with Gasteiger partial charge in [0.2, 0.25) is 5.91 Å². The van der Waals surface area contributed by atoms with E-state index >= 15 is 0 Å². The summed E-state index contributed by atoms with van der Waals surface area (Å²) in [7, 11) is 0. The lowest BCUT2D eigenvalue weighted by Gasteiger charge is -2.26. The Labute approximate surface area is 89.1 Å². The molecule has 0 radical (unpaired) electrons. The van der Waals surface area contributed by atoms with Gasteiger partial charge in [-0.25, -0.2) is 0 Å². The first kappa shape index (κ1) is 11.8. The minimum absolute atomic E-state index is 0.0712. The van der Waals surface area contributed by atoms with Gasteiger partial charge in [-0.2, -0.15) is 4.99 Å². The Morgan fingerprint density at radius 1 is 1.47 bits per heavy atom. The average molecular weight is 211 g/mol. The van der Waals surface area contributed by atoms with Crippen LogP contribution in [-0.2, 0) is 9.59 Å². The van der Waals surface area contributed by atoms with E-state index in [1.54, 1.807) is 13.8 Å². The SMILES string of the molecule is CCC(N)CC1=NC(=O)C(C)(C)C(=O)N1. The molecule has 0 aliphatic carbocycles. The van der Waals surface area contributed by atoms with E-state index < -0.39 is 11.3 Å². The summed E-state index contributed by atoms with van der Waals surface area (Å²) < 4.78 is 0. The lowest BCUT2D eigenvalue weighted by molar-refractivity contribution is -0.139. The number of nitrogens with zero attached hydrogens (tertiary/aromatic N) is 1. The Morgan fingerprint density at radius 2 is 2.07 bits per heavy atom. The molecule has 1 aliphatic heterocycles. The van der Waals surface area contributed by atoms with Crippen molar-refractivity contribution in [2.45, 2.75) is 39.7 Å². The van der Waals surface area contributed by atoms with Crippen LogP contribution in [0.5, 0.6) is 0 Å². The Kier molecular flexibility index (Phi) is 3.24. The molecular formula is C10H17N3O2. The van der Waals surface area contributed by atoms with Crippen molar-refractivity contribution in [2.75, 3.05) is 0 Å². The van der Waals surface area contributed by atoms with Crippen molar-refractivity contribution in [2.24, 2.45) is 16.1 Å². The molecule has 0 spiro atoms. The molecule has 0 aromatic rings. The molecule has 15 heavy (non-hydrogen) atoms.